The van der Waals surface area contributed by atoms with Crippen LogP contribution in [-0.2, 0) is 9.59 Å². The second-order valence-corrected chi connectivity index (χ2v) is 9.22. The van der Waals surface area contributed by atoms with Crippen molar-refractivity contribution < 1.29 is 23.9 Å². The highest BCUT2D eigenvalue weighted by atomic mass is 79.9. The molecule has 2 heterocycles. The molecule has 4 rings (SSSR count). The van der Waals surface area contributed by atoms with Gasteiger partial charge in [0.2, 0.25) is 11.8 Å². The number of aliphatic imine (C=N–C) groups is 1. The van der Waals surface area contributed by atoms with Gasteiger partial charge in [-0.1, -0.05) is 28.1 Å². The summed E-state index contributed by atoms with van der Waals surface area (Å²) in [4.78, 5) is 40.7. The van der Waals surface area contributed by atoms with Gasteiger partial charge in [-0.05, 0) is 29.8 Å². The molecule has 0 radical (unpaired) electrons. The molecule has 1 aromatic heterocycles. The first-order valence-electron chi connectivity index (χ1n) is 10.9. The monoisotopic (exact) mass is 559 g/mol. The average Bonchev–Trinajstić information content (AvgIpc) is 3.23. The number of nitrogens with zero attached hydrogens (tertiary/aromatic N) is 3. The zero-order valence-corrected chi connectivity index (χ0v) is 20.4. The van der Waals surface area contributed by atoms with Crippen molar-refractivity contribution in [3.63, 3.8) is 0 Å². The molecule has 0 saturated carbocycles. The van der Waals surface area contributed by atoms with Crippen LogP contribution >= 0.6 is 15.9 Å². The topological polar surface area (TPSA) is 178 Å². The third kappa shape index (κ3) is 5.30. The maximum atomic E-state index is 13.5. The van der Waals surface area contributed by atoms with Gasteiger partial charge in [0.05, 0.1) is 36.9 Å². The number of halogens is 2. The van der Waals surface area contributed by atoms with E-state index in [2.05, 4.69) is 36.7 Å². The molecule has 7 N–H and O–H groups in total. The van der Waals surface area contributed by atoms with E-state index in [-0.39, 0.29) is 18.7 Å². The number of primary amides is 2. The number of hydrogen-bond donors (Lipinski definition) is 5. The number of aromatic nitrogens is 2. The fourth-order valence-electron chi connectivity index (χ4n) is 4.17. The van der Waals surface area contributed by atoms with Crippen molar-refractivity contribution in [2.75, 3.05) is 18.4 Å². The molecule has 1 aliphatic heterocycles. The molecule has 0 fully saturated rings. The van der Waals surface area contributed by atoms with Crippen LogP contribution < -0.4 is 22.1 Å². The van der Waals surface area contributed by atoms with E-state index in [4.69, 9.17) is 11.5 Å². The van der Waals surface area contributed by atoms with E-state index in [0.29, 0.717) is 32.6 Å². The molecule has 2 unspecified atom stereocenters. The fraction of sp³-hybridized carbons (Fsp3) is 0.261. The number of guanidine groups is 1. The number of hydrogen-bond acceptors (Lipinski definition) is 7. The lowest BCUT2D eigenvalue weighted by atomic mass is 9.88. The van der Waals surface area contributed by atoms with Crippen LogP contribution in [0.3, 0.4) is 0 Å². The minimum absolute atomic E-state index is 0.0273. The Hall–Kier alpha value is -4.00. The second kappa shape index (κ2) is 10.3. The lowest BCUT2D eigenvalue weighted by Gasteiger charge is -2.25. The van der Waals surface area contributed by atoms with Crippen molar-refractivity contribution in [3.8, 4) is 0 Å². The minimum Gasteiger partial charge on any atom is -0.481 e. The van der Waals surface area contributed by atoms with Crippen LogP contribution in [0.2, 0.25) is 0 Å². The highest BCUT2D eigenvalue weighted by Crippen LogP contribution is 2.36. The fourth-order valence-corrected chi connectivity index (χ4v) is 4.59. The molecule has 188 valence electrons. The Kier molecular flexibility index (Phi) is 7.20. The van der Waals surface area contributed by atoms with Gasteiger partial charge < -0.3 is 27.2 Å². The van der Waals surface area contributed by atoms with Crippen LogP contribution in [0, 0.1) is 0 Å². The highest BCUT2D eigenvalue weighted by molar-refractivity contribution is 9.10. The summed E-state index contributed by atoms with van der Waals surface area (Å²) in [6.45, 7) is 0.0392. The molecule has 0 aliphatic carbocycles. The van der Waals surface area contributed by atoms with Crippen molar-refractivity contribution in [1.82, 2.24) is 15.1 Å². The Labute approximate surface area is 212 Å². The van der Waals surface area contributed by atoms with E-state index in [0.717, 1.165) is 0 Å². The number of fused-ring (bicyclic) bond motifs is 1. The first-order chi connectivity index (χ1) is 17.1. The van der Waals surface area contributed by atoms with Crippen LogP contribution in [0.1, 0.15) is 34.3 Å². The Morgan fingerprint density at radius 2 is 2.06 bits per heavy atom. The molecule has 0 spiro atoms. The molecule has 11 nitrogen and oxygen atoms in total. The predicted molar refractivity (Wildman–Crippen MR) is 134 cm³/mol. The molecule has 13 heteroatoms. The molecule has 0 bridgehead atoms. The van der Waals surface area contributed by atoms with Crippen LogP contribution in [0.25, 0.3) is 10.9 Å². The van der Waals surface area contributed by atoms with Gasteiger partial charge in [-0.2, -0.15) is 5.10 Å². The molecule has 2 aromatic carbocycles. The van der Waals surface area contributed by atoms with Gasteiger partial charge >= 0.3 is 5.97 Å². The van der Waals surface area contributed by atoms with E-state index in [9.17, 15) is 23.9 Å². The van der Waals surface area contributed by atoms with Gasteiger partial charge in [0, 0.05) is 21.3 Å². The molecule has 2 amide bonds. The normalized spacial score (nSPS) is 17.1. The Bertz CT molecular complexity index is 1380. The Balaban J connectivity index is 1.86. The average molecular weight is 560 g/mol. The van der Waals surface area contributed by atoms with Crippen LogP contribution in [0.4, 0.5) is 10.1 Å². The maximum absolute atomic E-state index is 13.5. The Morgan fingerprint density at radius 1 is 1.28 bits per heavy atom. The number of nitrogens with two attached hydrogens (primary N) is 2. The number of aliphatic carboxylic acids is 1. The molecule has 3 atom stereocenters. The van der Waals surface area contributed by atoms with Crippen molar-refractivity contribution in [2.45, 2.75) is 24.6 Å². The summed E-state index contributed by atoms with van der Waals surface area (Å²) in [6.07, 6.45) is -0.0638. The SMILES string of the molecule is NC(=O)c1cc(NC2=NCC(F)CN2)c2cnn(C(C(N)=O)[C@@H](CC(=O)O)c3cccc(Br)c3)c2c1. The van der Waals surface area contributed by atoms with E-state index < -0.39 is 42.3 Å². The number of amides is 2. The number of benzene rings is 2. The quantitative estimate of drug-likeness (QED) is 0.279. The van der Waals surface area contributed by atoms with Crippen molar-refractivity contribution in [1.29, 1.82) is 0 Å². The maximum Gasteiger partial charge on any atom is 0.304 e. The number of alkyl halides is 1. The van der Waals surface area contributed by atoms with Crippen LogP contribution in [-0.4, -0.2) is 57.9 Å². The predicted octanol–water partition coefficient (Wildman–Crippen LogP) is 1.89. The standard InChI is InChI=1S/C23H23BrFN7O4/c24-13-3-1-2-11(4-13)15(7-19(33)34)20(22(27)36)32-18-6-12(21(26)35)5-17(16(18)10-30-32)31-23-28-8-14(25)9-29-23/h1-6,10,14-15,20H,7-9H2,(H2,26,35)(H2,27,36)(H,33,34)(H2,28,29,31)/t15-,20?/m0/s1. The zero-order chi connectivity index (χ0) is 26.0. The number of carboxylic acids is 1. The highest BCUT2D eigenvalue weighted by Gasteiger charge is 2.34. The number of nitrogens with one attached hydrogen (secondary N) is 2. The first-order valence-corrected chi connectivity index (χ1v) is 11.7. The van der Waals surface area contributed by atoms with Gasteiger partial charge in [0.25, 0.3) is 0 Å². The summed E-state index contributed by atoms with van der Waals surface area (Å²) in [5.74, 6) is -3.25. The van der Waals surface area contributed by atoms with Gasteiger partial charge in [-0.15, -0.1) is 0 Å². The summed E-state index contributed by atoms with van der Waals surface area (Å²) >= 11 is 3.37. The number of carbonyl (C=O) groups excluding carboxylic acids is 2. The molecule has 0 saturated heterocycles. The molecule has 3 aromatic rings. The third-order valence-electron chi connectivity index (χ3n) is 5.80. The van der Waals surface area contributed by atoms with E-state index in [1.54, 1.807) is 24.3 Å². The summed E-state index contributed by atoms with van der Waals surface area (Å²) in [5, 5.41) is 20.3. The summed E-state index contributed by atoms with van der Waals surface area (Å²) in [6, 6.07) is 8.65. The third-order valence-corrected chi connectivity index (χ3v) is 6.29. The molecule has 36 heavy (non-hydrogen) atoms. The molecule has 1 aliphatic rings. The summed E-state index contributed by atoms with van der Waals surface area (Å²) in [5.41, 5.74) is 12.7. The number of rotatable bonds is 8. The summed E-state index contributed by atoms with van der Waals surface area (Å²) in [7, 11) is 0. The molecular formula is C23H23BrFN7O4. The van der Waals surface area contributed by atoms with E-state index in [1.165, 1.54) is 23.0 Å². The largest absolute Gasteiger partial charge is 0.481 e. The molecular weight excluding hydrogens is 537 g/mol. The zero-order valence-electron chi connectivity index (χ0n) is 18.8. The second-order valence-electron chi connectivity index (χ2n) is 8.31. The van der Waals surface area contributed by atoms with Crippen molar-refractivity contribution in [3.05, 3.63) is 58.2 Å². The smallest absolute Gasteiger partial charge is 0.304 e. The summed E-state index contributed by atoms with van der Waals surface area (Å²) < 4.78 is 15.5. The van der Waals surface area contributed by atoms with Gasteiger partial charge in [0.15, 0.2) is 5.96 Å². The number of anilines is 1. The van der Waals surface area contributed by atoms with E-state index in [1.807, 2.05) is 0 Å². The Morgan fingerprint density at radius 3 is 2.67 bits per heavy atom. The van der Waals surface area contributed by atoms with Crippen LogP contribution in [0.15, 0.2) is 52.1 Å². The number of carboxylic acid groups (broad SMARTS) is 1. The van der Waals surface area contributed by atoms with Gasteiger partial charge in [-0.3, -0.25) is 19.1 Å². The first kappa shape index (κ1) is 25.1. The van der Waals surface area contributed by atoms with Gasteiger partial charge in [0.1, 0.15) is 12.2 Å². The van der Waals surface area contributed by atoms with Gasteiger partial charge in [-0.25, -0.2) is 9.38 Å². The van der Waals surface area contributed by atoms with Crippen LogP contribution in [0.5, 0.6) is 0 Å². The van der Waals surface area contributed by atoms with Crippen molar-refractivity contribution >= 4 is 56.3 Å². The van der Waals surface area contributed by atoms with Crippen molar-refractivity contribution in [2.24, 2.45) is 16.5 Å². The minimum atomic E-state index is -1.21. The lowest BCUT2D eigenvalue weighted by Crippen LogP contribution is -2.41. The lowest BCUT2D eigenvalue weighted by molar-refractivity contribution is -0.138. The van der Waals surface area contributed by atoms with E-state index >= 15 is 0 Å². The number of carbonyl (C=O) groups is 3.